The number of hydrogen-bond acceptors (Lipinski definition) is 0. The largest absolute Gasteiger partial charge is 0.0710 e. The highest BCUT2D eigenvalue weighted by molar-refractivity contribution is 5.79. The first kappa shape index (κ1) is 24.8. The minimum absolute atomic E-state index is 0.256. The molecule has 0 aliphatic heterocycles. The molecule has 7 aromatic rings. The molecule has 0 heterocycles. The Labute approximate surface area is 269 Å². The second kappa shape index (κ2) is 8.62. The van der Waals surface area contributed by atoms with Crippen molar-refractivity contribution >= 4 is 0 Å². The molecule has 0 spiro atoms. The van der Waals surface area contributed by atoms with Gasteiger partial charge in [0.25, 0.3) is 0 Å². The maximum absolute atomic E-state index is 2.58. The number of hydrogen-bond donors (Lipinski definition) is 0. The van der Waals surface area contributed by atoms with Crippen LogP contribution in [0, 0.1) is 0 Å². The average Bonchev–Trinajstić information content (AvgIpc) is 3.14. The maximum atomic E-state index is 2.58. The van der Waals surface area contributed by atoms with Gasteiger partial charge in [0.1, 0.15) is 0 Å². The first-order chi connectivity index (χ1) is 22.8. The van der Waals surface area contributed by atoms with Crippen molar-refractivity contribution in [1.82, 2.24) is 0 Å². The highest BCUT2D eigenvalue weighted by atomic mass is 14.6. The summed E-state index contributed by atoms with van der Waals surface area (Å²) in [5.74, 6) is 0.512. The molecular weight excluding hydrogens is 553 g/mol. The summed E-state index contributed by atoms with van der Waals surface area (Å²) in [6, 6.07) is 65.0. The summed E-state index contributed by atoms with van der Waals surface area (Å²) >= 11 is 0. The van der Waals surface area contributed by atoms with E-state index in [0.717, 1.165) is 0 Å². The van der Waals surface area contributed by atoms with Gasteiger partial charge in [-0.3, -0.25) is 0 Å². The Balaban J connectivity index is 1.29. The van der Waals surface area contributed by atoms with Gasteiger partial charge in [0.15, 0.2) is 0 Å². The van der Waals surface area contributed by atoms with Gasteiger partial charge in [-0.05, 0) is 77.9 Å². The fourth-order valence-electron chi connectivity index (χ4n) is 10.3. The molecule has 0 unspecified atom stereocenters. The molecule has 6 aliphatic rings. The molecular formula is C46H30. The summed E-state index contributed by atoms with van der Waals surface area (Å²) < 4.78 is 0. The van der Waals surface area contributed by atoms with Crippen molar-refractivity contribution in [3.05, 3.63) is 248 Å². The van der Waals surface area contributed by atoms with Gasteiger partial charge >= 0.3 is 0 Å². The van der Waals surface area contributed by atoms with E-state index < -0.39 is 10.8 Å². The van der Waals surface area contributed by atoms with E-state index in [1.165, 1.54) is 77.9 Å². The van der Waals surface area contributed by atoms with E-state index >= 15 is 0 Å². The second-order valence-corrected chi connectivity index (χ2v) is 13.5. The van der Waals surface area contributed by atoms with Gasteiger partial charge in [0.05, 0.1) is 10.8 Å². The smallest absolute Gasteiger partial charge is 0.0619 e. The van der Waals surface area contributed by atoms with Crippen LogP contribution in [0.2, 0.25) is 0 Å². The molecule has 13 rings (SSSR count). The maximum Gasteiger partial charge on any atom is 0.0710 e. The van der Waals surface area contributed by atoms with Crippen LogP contribution in [0.15, 0.2) is 170 Å². The minimum atomic E-state index is -0.407. The zero-order valence-corrected chi connectivity index (χ0v) is 25.3. The molecule has 6 aliphatic carbocycles. The van der Waals surface area contributed by atoms with Crippen LogP contribution >= 0.6 is 0 Å². The van der Waals surface area contributed by atoms with Gasteiger partial charge in [-0.2, -0.15) is 0 Å². The van der Waals surface area contributed by atoms with E-state index in [2.05, 4.69) is 170 Å². The monoisotopic (exact) mass is 582 g/mol. The van der Waals surface area contributed by atoms with Crippen molar-refractivity contribution < 1.29 is 0 Å². The lowest BCUT2D eigenvalue weighted by Crippen LogP contribution is -2.44. The van der Waals surface area contributed by atoms with Crippen molar-refractivity contribution in [2.24, 2.45) is 0 Å². The molecule has 0 N–H and O–H groups in total. The zero-order chi connectivity index (χ0) is 30.0. The summed E-state index contributed by atoms with van der Waals surface area (Å²) in [6.45, 7) is 0. The normalized spacial score (nSPS) is 23.4. The molecule has 4 bridgehead atoms. The van der Waals surface area contributed by atoms with Crippen LogP contribution in [-0.2, 0) is 10.8 Å². The van der Waals surface area contributed by atoms with E-state index in [4.69, 9.17) is 0 Å². The van der Waals surface area contributed by atoms with Crippen LogP contribution in [-0.4, -0.2) is 0 Å². The fourth-order valence-corrected chi connectivity index (χ4v) is 10.3. The number of rotatable bonds is 2. The van der Waals surface area contributed by atoms with Crippen molar-refractivity contribution in [2.75, 3.05) is 0 Å². The predicted molar refractivity (Wildman–Crippen MR) is 185 cm³/mol. The Morgan fingerprint density at radius 1 is 0.261 bits per heavy atom. The van der Waals surface area contributed by atoms with Gasteiger partial charge in [-0.25, -0.2) is 0 Å². The van der Waals surface area contributed by atoms with Crippen LogP contribution in [0.1, 0.15) is 89.7 Å². The van der Waals surface area contributed by atoms with Gasteiger partial charge < -0.3 is 0 Å². The molecule has 0 radical (unpaired) electrons. The van der Waals surface area contributed by atoms with E-state index in [0.29, 0.717) is 0 Å². The molecule has 0 heteroatoms. The van der Waals surface area contributed by atoms with E-state index in [9.17, 15) is 0 Å². The third-order valence-electron chi connectivity index (χ3n) is 11.8. The van der Waals surface area contributed by atoms with Crippen LogP contribution in [0.5, 0.6) is 0 Å². The lowest BCUT2D eigenvalue weighted by molar-refractivity contribution is 0.613. The summed E-state index contributed by atoms with van der Waals surface area (Å²) in [7, 11) is 0. The molecule has 0 saturated heterocycles. The zero-order valence-electron chi connectivity index (χ0n) is 25.3. The van der Waals surface area contributed by atoms with Crippen LogP contribution in [0.4, 0.5) is 0 Å². The van der Waals surface area contributed by atoms with Crippen molar-refractivity contribution in [3.8, 4) is 0 Å². The summed E-state index contributed by atoms with van der Waals surface area (Å²) in [5, 5.41) is 0. The third kappa shape index (κ3) is 2.67. The molecule has 0 atom stereocenters. The predicted octanol–water partition coefficient (Wildman–Crippen LogP) is 10.1. The summed E-state index contributed by atoms with van der Waals surface area (Å²) in [5.41, 5.74) is 19.0. The van der Waals surface area contributed by atoms with Gasteiger partial charge in [-0.1, -0.05) is 170 Å². The highest BCUT2D eigenvalue weighted by Crippen LogP contribution is 2.64. The number of benzene rings is 7. The molecule has 0 fully saturated rings. The molecule has 46 heavy (non-hydrogen) atoms. The molecule has 0 nitrogen and oxygen atoms in total. The van der Waals surface area contributed by atoms with Gasteiger partial charge in [0.2, 0.25) is 0 Å². The van der Waals surface area contributed by atoms with Crippen molar-refractivity contribution in [1.29, 1.82) is 0 Å². The Morgan fingerprint density at radius 2 is 0.500 bits per heavy atom. The Bertz CT molecular complexity index is 2010. The van der Waals surface area contributed by atoms with E-state index in [1.54, 1.807) is 0 Å². The minimum Gasteiger partial charge on any atom is -0.0619 e. The van der Waals surface area contributed by atoms with Crippen LogP contribution < -0.4 is 0 Å². The first-order valence-corrected chi connectivity index (χ1v) is 16.5. The molecule has 0 aromatic heterocycles. The third-order valence-corrected chi connectivity index (χ3v) is 11.8. The van der Waals surface area contributed by atoms with Crippen LogP contribution in [0.3, 0.4) is 0 Å². The standard InChI is InChI=1S/C46H30/c1-7-22-37-31(16-1)43-32-17-2-8-23-38(32)45(37,39-24-9-3-18-33(39)43)29-14-13-15-30(28-29)46-40-25-10-4-19-34(40)44(35-20-5-11-26-41(35)46)36-21-6-12-27-42(36)46/h1-28,43-44H. The molecule has 0 amide bonds. The fraction of sp³-hybridized carbons (Fsp3) is 0.0870. The van der Waals surface area contributed by atoms with Gasteiger partial charge in [-0.15, -0.1) is 0 Å². The average molecular weight is 583 g/mol. The Morgan fingerprint density at radius 3 is 0.761 bits per heavy atom. The summed E-state index contributed by atoms with van der Waals surface area (Å²) in [4.78, 5) is 0. The molecule has 214 valence electrons. The highest BCUT2D eigenvalue weighted by Gasteiger charge is 2.55. The summed E-state index contributed by atoms with van der Waals surface area (Å²) in [6.07, 6.45) is 0. The van der Waals surface area contributed by atoms with Gasteiger partial charge in [0, 0.05) is 11.8 Å². The SMILES string of the molecule is c1cc(C23c4ccccc4C(c4ccccc42)c2ccccc23)cc(C23c4ccccc4C(c4ccccc42)c2ccccc23)c1. The second-order valence-electron chi connectivity index (χ2n) is 13.5. The van der Waals surface area contributed by atoms with E-state index in [1.807, 2.05) is 0 Å². The van der Waals surface area contributed by atoms with Crippen molar-refractivity contribution in [2.45, 2.75) is 22.7 Å². The van der Waals surface area contributed by atoms with Crippen LogP contribution in [0.25, 0.3) is 0 Å². The topological polar surface area (TPSA) is 0 Å². The van der Waals surface area contributed by atoms with Crippen molar-refractivity contribution in [3.63, 3.8) is 0 Å². The lowest BCUT2D eigenvalue weighted by Gasteiger charge is -2.53. The Hall–Kier alpha value is -5.46. The quantitative estimate of drug-likeness (QED) is 0.190. The molecule has 7 aromatic carbocycles. The first-order valence-electron chi connectivity index (χ1n) is 16.5. The van der Waals surface area contributed by atoms with E-state index in [-0.39, 0.29) is 11.8 Å². The Kier molecular flexibility index (Phi) is 4.65. The lowest BCUT2D eigenvalue weighted by atomic mass is 9.49. The molecule has 0 saturated carbocycles.